The molecule has 0 saturated carbocycles. The minimum atomic E-state index is -0.965. The van der Waals surface area contributed by atoms with Gasteiger partial charge in [-0.25, -0.2) is 4.79 Å². The maximum absolute atomic E-state index is 13.0. The van der Waals surface area contributed by atoms with E-state index in [1.54, 1.807) is 35.9 Å². The quantitative estimate of drug-likeness (QED) is 0.632. The lowest BCUT2D eigenvalue weighted by molar-refractivity contribution is -0.140. The molecule has 3 aromatic rings. The highest BCUT2D eigenvalue weighted by Crippen LogP contribution is 2.36. The largest absolute Gasteiger partial charge is 0.480 e. The third-order valence-electron chi connectivity index (χ3n) is 3.94. The Morgan fingerprint density at radius 2 is 1.88 bits per heavy atom. The number of rotatable bonds is 4. The molecule has 0 radical (unpaired) electrons. The topological polar surface area (TPSA) is 59.3 Å². The summed E-state index contributed by atoms with van der Waals surface area (Å²) in [6, 6.07) is 4.10. The van der Waals surface area contributed by atoms with E-state index in [1.165, 1.54) is 11.3 Å². The summed E-state index contributed by atoms with van der Waals surface area (Å²) in [5, 5.41) is 12.5. The van der Waals surface area contributed by atoms with Gasteiger partial charge in [-0.15, -0.1) is 11.3 Å². The van der Waals surface area contributed by atoms with Crippen molar-refractivity contribution in [2.75, 3.05) is 0 Å². The number of thiophene rings is 1. The molecular formula is C17H13Cl2NO3S. The molecule has 2 heterocycles. The third-order valence-corrected chi connectivity index (χ3v) is 5.68. The molecule has 0 aliphatic carbocycles. The second-order valence-electron chi connectivity index (χ2n) is 5.49. The molecule has 0 bridgehead atoms. The molecule has 1 unspecified atom stereocenters. The number of aliphatic carboxylic acids is 1. The van der Waals surface area contributed by atoms with Crippen molar-refractivity contribution in [1.82, 2.24) is 4.57 Å². The summed E-state index contributed by atoms with van der Waals surface area (Å²) in [5.74, 6) is -1.28. The van der Waals surface area contributed by atoms with Crippen LogP contribution in [0, 0.1) is 6.92 Å². The van der Waals surface area contributed by atoms with Crippen molar-refractivity contribution < 1.29 is 14.7 Å². The number of nitrogens with zero attached hydrogens (tertiary/aromatic N) is 1. The number of fused-ring (bicyclic) bond motifs is 1. The summed E-state index contributed by atoms with van der Waals surface area (Å²) in [6.45, 7) is 3.47. The fraction of sp³-hybridized carbons (Fsp3) is 0.176. The first-order valence-electron chi connectivity index (χ1n) is 7.13. The molecule has 24 heavy (non-hydrogen) atoms. The molecule has 124 valence electrons. The summed E-state index contributed by atoms with van der Waals surface area (Å²) in [5.41, 5.74) is 1.55. The second-order valence-corrected chi connectivity index (χ2v) is 7.16. The first-order chi connectivity index (χ1) is 11.3. The molecule has 0 saturated heterocycles. The molecule has 1 aromatic carbocycles. The lowest BCUT2D eigenvalue weighted by Crippen LogP contribution is -2.14. The number of carboxylic acid groups (broad SMARTS) is 1. The Morgan fingerprint density at radius 3 is 2.46 bits per heavy atom. The van der Waals surface area contributed by atoms with Crippen molar-refractivity contribution in [1.29, 1.82) is 0 Å². The summed E-state index contributed by atoms with van der Waals surface area (Å²) in [4.78, 5) is 25.1. The molecule has 7 heteroatoms. The van der Waals surface area contributed by atoms with Crippen molar-refractivity contribution in [3.05, 3.63) is 56.5 Å². The van der Waals surface area contributed by atoms with Crippen LogP contribution in [0.2, 0.25) is 10.0 Å². The van der Waals surface area contributed by atoms with Crippen LogP contribution >= 0.6 is 34.5 Å². The Kier molecular flexibility index (Phi) is 4.42. The van der Waals surface area contributed by atoms with Gasteiger partial charge in [0.1, 0.15) is 10.9 Å². The van der Waals surface area contributed by atoms with Crippen LogP contribution in [0.3, 0.4) is 0 Å². The number of aromatic nitrogens is 1. The average Bonchev–Trinajstić information content (AvgIpc) is 3.07. The van der Waals surface area contributed by atoms with Crippen LogP contribution in [-0.4, -0.2) is 21.4 Å². The Labute approximate surface area is 152 Å². The highest BCUT2D eigenvalue weighted by Gasteiger charge is 2.26. The van der Waals surface area contributed by atoms with Crippen LogP contribution in [0.25, 0.3) is 10.2 Å². The summed E-state index contributed by atoms with van der Waals surface area (Å²) < 4.78 is 1.60. The molecule has 1 atom stereocenters. The van der Waals surface area contributed by atoms with Crippen molar-refractivity contribution in [3.63, 3.8) is 0 Å². The average molecular weight is 382 g/mol. The molecule has 0 aliphatic rings. The minimum absolute atomic E-state index is 0.230. The number of hydrogen-bond donors (Lipinski definition) is 1. The number of halogens is 2. The maximum Gasteiger partial charge on any atom is 0.326 e. The van der Waals surface area contributed by atoms with Crippen molar-refractivity contribution in [2.45, 2.75) is 19.9 Å². The van der Waals surface area contributed by atoms with E-state index in [-0.39, 0.29) is 21.4 Å². The fourth-order valence-electron chi connectivity index (χ4n) is 2.64. The zero-order chi connectivity index (χ0) is 17.6. The molecule has 0 fully saturated rings. The number of carboxylic acids is 1. The van der Waals surface area contributed by atoms with Gasteiger partial charge in [-0.2, -0.15) is 0 Å². The van der Waals surface area contributed by atoms with E-state index < -0.39 is 12.0 Å². The van der Waals surface area contributed by atoms with Crippen LogP contribution in [0.4, 0.5) is 0 Å². The molecule has 4 nitrogen and oxygen atoms in total. The lowest BCUT2D eigenvalue weighted by Gasteiger charge is -2.08. The van der Waals surface area contributed by atoms with Crippen LogP contribution in [0.15, 0.2) is 29.8 Å². The monoisotopic (exact) mass is 381 g/mol. The van der Waals surface area contributed by atoms with Crippen molar-refractivity contribution in [3.8, 4) is 0 Å². The first-order valence-corrected chi connectivity index (χ1v) is 8.76. The van der Waals surface area contributed by atoms with Gasteiger partial charge in [-0.3, -0.25) is 4.79 Å². The Bertz CT molecular complexity index is 954. The predicted octanol–water partition coefficient (Wildman–Crippen LogP) is 5.19. The van der Waals surface area contributed by atoms with Gasteiger partial charge in [-0.1, -0.05) is 29.3 Å². The van der Waals surface area contributed by atoms with Gasteiger partial charge in [0.05, 0.1) is 15.6 Å². The molecule has 2 aromatic heterocycles. The molecule has 0 amide bonds. The van der Waals surface area contributed by atoms with Crippen LogP contribution < -0.4 is 0 Å². The first kappa shape index (κ1) is 17.0. The second kappa shape index (κ2) is 6.24. The number of aryl methyl sites for hydroxylation is 1. The minimum Gasteiger partial charge on any atom is -0.480 e. The van der Waals surface area contributed by atoms with Gasteiger partial charge in [-0.05, 0) is 36.9 Å². The number of carbonyl (C=O) groups is 2. The van der Waals surface area contributed by atoms with Crippen LogP contribution in [0.5, 0.6) is 0 Å². The summed E-state index contributed by atoms with van der Waals surface area (Å²) >= 11 is 13.7. The van der Waals surface area contributed by atoms with Gasteiger partial charge in [0.25, 0.3) is 0 Å². The number of ketones is 1. The molecule has 0 spiro atoms. The lowest BCUT2D eigenvalue weighted by atomic mass is 10.0. The van der Waals surface area contributed by atoms with Gasteiger partial charge in [0.15, 0.2) is 5.78 Å². The van der Waals surface area contributed by atoms with Crippen molar-refractivity contribution in [2.24, 2.45) is 0 Å². The van der Waals surface area contributed by atoms with E-state index in [0.717, 1.165) is 15.8 Å². The fourth-order valence-corrected chi connectivity index (χ4v) is 4.34. The van der Waals surface area contributed by atoms with Crippen LogP contribution in [-0.2, 0) is 4.79 Å². The normalized spacial score (nSPS) is 12.5. The SMILES string of the molecule is Cc1csc2c1c(C(=O)c1c(Cl)cccc1Cl)cn2C(C)C(=O)O. The number of hydrogen-bond acceptors (Lipinski definition) is 3. The highest BCUT2D eigenvalue weighted by molar-refractivity contribution is 7.17. The van der Waals surface area contributed by atoms with E-state index in [1.807, 2.05) is 12.3 Å². The zero-order valence-corrected chi connectivity index (χ0v) is 15.2. The van der Waals surface area contributed by atoms with Crippen LogP contribution in [0.1, 0.15) is 34.5 Å². The number of benzene rings is 1. The molecule has 0 aliphatic heterocycles. The predicted molar refractivity (Wildman–Crippen MR) is 96.8 cm³/mol. The van der Waals surface area contributed by atoms with Gasteiger partial charge >= 0.3 is 5.97 Å². The number of carbonyl (C=O) groups excluding carboxylic acids is 1. The summed E-state index contributed by atoms with van der Waals surface area (Å²) in [6.07, 6.45) is 1.58. The van der Waals surface area contributed by atoms with Gasteiger partial charge in [0.2, 0.25) is 0 Å². The smallest absolute Gasteiger partial charge is 0.326 e. The third kappa shape index (κ3) is 2.62. The molecule has 1 N–H and O–H groups in total. The van der Waals surface area contributed by atoms with Gasteiger partial charge in [0, 0.05) is 17.1 Å². The van der Waals surface area contributed by atoms with Gasteiger partial charge < -0.3 is 9.67 Å². The van der Waals surface area contributed by atoms with E-state index in [0.29, 0.717) is 5.56 Å². The summed E-state index contributed by atoms with van der Waals surface area (Å²) in [7, 11) is 0. The Morgan fingerprint density at radius 1 is 1.25 bits per heavy atom. The Hall–Kier alpha value is -1.82. The van der Waals surface area contributed by atoms with E-state index >= 15 is 0 Å². The van der Waals surface area contributed by atoms with E-state index in [4.69, 9.17) is 23.2 Å². The van der Waals surface area contributed by atoms with E-state index in [2.05, 4.69) is 0 Å². The molecule has 3 rings (SSSR count). The molecular weight excluding hydrogens is 369 g/mol. The zero-order valence-electron chi connectivity index (χ0n) is 12.8. The maximum atomic E-state index is 13.0. The highest BCUT2D eigenvalue weighted by atomic mass is 35.5. The van der Waals surface area contributed by atoms with E-state index in [9.17, 15) is 14.7 Å². The standard InChI is InChI=1S/C17H13Cl2NO3S/c1-8-7-24-16-13(8)10(6-20(16)9(2)17(22)23)15(21)14-11(18)4-3-5-12(14)19/h3-7,9H,1-2H3,(H,22,23). The van der Waals surface area contributed by atoms with Crippen molar-refractivity contribution >= 4 is 56.5 Å². The Balaban J connectivity index is 2.25.